The maximum Gasteiger partial charge on any atom is 0.244 e. The first-order valence-corrected chi connectivity index (χ1v) is 9.32. The second-order valence-electron chi connectivity index (χ2n) is 5.15. The average Bonchev–Trinajstić information content (AvgIpc) is 2.47. The Kier molecular flexibility index (Phi) is 5.65. The van der Waals surface area contributed by atoms with Gasteiger partial charge in [0.2, 0.25) is 10.0 Å². The van der Waals surface area contributed by atoms with Crippen LogP contribution in [0.3, 0.4) is 0 Å². The lowest BCUT2D eigenvalue weighted by molar-refractivity contribution is 0.211. The van der Waals surface area contributed by atoms with Crippen molar-refractivity contribution >= 4 is 26.0 Å². The van der Waals surface area contributed by atoms with Crippen molar-refractivity contribution in [3.63, 3.8) is 0 Å². The van der Waals surface area contributed by atoms with Gasteiger partial charge in [0.1, 0.15) is 10.6 Å². The molecule has 0 radical (unpaired) electrons. The molecule has 1 fully saturated rings. The minimum atomic E-state index is -3.59. The minimum Gasteiger partial charge on any atom is -0.495 e. The fraction of sp³-hybridized carbons (Fsp3) is 0.571. The van der Waals surface area contributed by atoms with Crippen molar-refractivity contribution in [3.05, 3.63) is 22.7 Å². The van der Waals surface area contributed by atoms with Gasteiger partial charge in [-0.1, -0.05) is 22.9 Å². The molecule has 1 saturated heterocycles. The highest BCUT2D eigenvalue weighted by molar-refractivity contribution is 9.10. The molecule has 1 atom stereocenters. The Bertz CT molecular complexity index is 592. The van der Waals surface area contributed by atoms with Gasteiger partial charge in [0.05, 0.1) is 7.11 Å². The number of nitrogens with zero attached hydrogens (tertiary/aromatic N) is 1. The summed E-state index contributed by atoms with van der Waals surface area (Å²) >= 11 is 3.31. The molecular formula is C14H21BrN2O3S. The lowest BCUT2D eigenvalue weighted by Crippen LogP contribution is -2.47. The normalized spacial score (nSPS) is 20.4. The zero-order chi connectivity index (χ0) is 15.5. The van der Waals surface area contributed by atoms with Crippen LogP contribution in [0.5, 0.6) is 5.75 Å². The fourth-order valence-corrected chi connectivity index (χ4v) is 4.55. The number of methoxy groups -OCH3 is 1. The van der Waals surface area contributed by atoms with Crippen LogP contribution >= 0.6 is 15.9 Å². The van der Waals surface area contributed by atoms with Crippen LogP contribution in [0.1, 0.15) is 19.8 Å². The third-order valence-corrected chi connectivity index (χ3v) is 5.72. The molecule has 1 aromatic rings. The molecule has 1 unspecified atom stereocenters. The Morgan fingerprint density at radius 1 is 1.48 bits per heavy atom. The molecule has 0 aromatic heterocycles. The van der Waals surface area contributed by atoms with Gasteiger partial charge >= 0.3 is 0 Å². The predicted molar refractivity (Wildman–Crippen MR) is 86.2 cm³/mol. The maximum atomic E-state index is 12.6. The van der Waals surface area contributed by atoms with Crippen LogP contribution in [0.25, 0.3) is 0 Å². The standard InChI is InChI=1S/C14H21BrN2O3S/c1-3-17-8-4-5-12(10-17)16-21(18,19)14-9-11(15)6-7-13(14)20-2/h6-7,9,12,16H,3-5,8,10H2,1-2H3. The van der Waals surface area contributed by atoms with Crippen molar-refractivity contribution < 1.29 is 13.2 Å². The smallest absolute Gasteiger partial charge is 0.244 e. The van der Waals surface area contributed by atoms with Gasteiger partial charge < -0.3 is 9.64 Å². The third-order valence-electron chi connectivity index (χ3n) is 3.69. The van der Waals surface area contributed by atoms with Crippen molar-refractivity contribution in [3.8, 4) is 5.75 Å². The van der Waals surface area contributed by atoms with E-state index in [9.17, 15) is 8.42 Å². The Morgan fingerprint density at radius 2 is 2.24 bits per heavy atom. The molecule has 7 heteroatoms. The summed E-state index contributed by atoms with van der Waals surface area (Å²) in [6.07, 6.45) is 1.88. The van der Waals surface area contributed by atoms with E-state index in [1.54, 1.807) is 18.2 Å². The van der Waals surface area contributed by atoms with Gasteiger partial charge in [0, 0.05) is 17.1 Å². The molecule has 0 saturated carbocycles. The summed E-state index contributed by atoms with van der Waals surface area (Å²) in [5.41, 5.74) is 0. The Labute approximate surface area is 134 Å². The summed E-state index contributed by atoms with van der Waals surface area (Å²) in [7, 11) is -2.11. The average molecular weight is 377 g/mol. The van der Waals surface area contributed by atoms with Crippen LogP contribution in [-0.4, -0.2) is 46.1 Å². The molecule has 1 heterocycles. The molecule has 5 nitrogen and oxygen atoms in total. The number of nitrogens with one attached hydrogen (secondary N) is 1. The summed E-state index contributed by atoms with van der Waals surface area (Å²) in [5.74, 6) is 0.355. The molecule has 2 rings (SSSR count). The maximum absolute atomic E-state index is 12.6. The molecule has 21 heavy (non-hydrogen) atoms. The van der Waals surface area contributed by atoms with E-state index < -0.39 is 10.0 Å². The van der Waals surface area contributed by atoms with Crippen LogP contribution in [0.4, 0.5) is 0 Å². The van der Waals surface area contributed by atoms with Gasteiger partial charge in [-0.2, -0.15) is 0 Å². The molecule has 1 aliphatic rings. The quantitative estimate of drug-likeness (QED) is 0.855. The molecule has 0 spiro atoms. The SMILES string of the molecule is CCN1CCCC(NS(=O)(=O)c2cc(Br)ccc2OC)C1. The van der Waals surface area contributed by atoms with Crippen LogP contribution in [0.15, 0.2) is 27.6 Å². The number of halogens is 1. The highest BCUT2D eigenvalue weighted by Gasteiger charge is 2.26. The van der Waals surface area contributed by atoms with Crippen LogP contribution in [-0.2, 0) is 10.0 Å². The number of hydrogen-bond donors (Lipinski definition) is 1. The molecular weight excluding hydrogens is 356 g/mol. The number of hydrogen-bond acceptors (Lipinski definition) is 4. The topological polar surface area (TPSA) is 58.6 Å². The lowest BCUT2D eigenvalue weighted by Gasteiger charge is -2.32. The Balaban J connectivity index is 2.20. The summed E-state index contributed by atoms with van der Waals surface area (Å²) < 4.78 is 33.9. The number of benzene rings is 1. The van der Waals surface area contributed by atoms with E-state index in [0.29, 0.717) is 10.2 Å². The fourth-order valence-electron chi connectivity index (χ4n) is 2.58. The molecule has 0 bridgehead atoms. The number of piperidine rings is 1. The van der Waals surface area contributed by atoms with Crippen molar-refractivity contribution in [1.29, 1.82) is 0 Å². The van der Waals surface area contributed by atoms with Gasteiger partial charge in [-0.3, -0.25) is 0 Å². The first-order valence-electron chi connectivity index (χ1n) is 7.04. The Morgan fingerprint density at radius 3 is 2.90 bits per heavy atom. The number of sulfonamides is 1. The van der Waals surface area contributed by atoms with E-state index >= 15 is 0 Å². The van der Waals surface area contributed by atoms with Crippen molar-refractivity contribution in [1.82, 2.24) is 9.62 Å². The molecule has 0 amide bonds. The Hall–Kier alpha value is -0.630. The highest BCUT2D eigenvalue weighted by atomic mass is 79.9. The molecule has 118 valence electrons. The molecule has 1 N–H and O–H groups in total. The zero-order valence-corrected chi connectivity index (χ0v) is 14.7. The van der Waals surface area contributed by atoms with E-state index in [2.05, 4.69) is 32.5 Å². The van der Waals surface area contributed by atoms with Gasteiger partial charge in [-0.25, -0.2) is 13.1 Å². The lowest BCUT2D eigenvalue weighted by atomic mass is 10.1. The number of rotatable bonds is 5. The monoisotopic (exact) mass is 376 g/mol. The van der Waals surface area contributed by atoms with Gasteiger partial charge in [0.15, 0.2) is 0 Å². The first-order chi connectivity index (χ1) is 9.96. The van der Waals surface area contributed by atoms with E-state index in [4.69, 9.17) is 4.74 Å². The summed E-state index contributed by atoms with van der Waals surface area (Å²) in [5, 5.41) is 0. The van der Waals surface area contributed by atoms with Crippen LogP contribution < -0.4 is 9.46 Å². The van der Waals surface area contributed by atoms with E-state index in [1.165, 1.54) is 7.11 Å². The first kappa shape index (κ1) is 16.7. The van der Waals surface area contributed by atoms with Gasteiger partial charge in [0.25, 0.3) is 0 Å². The molecule has 0 aliphatic carbocycles. The van der Waals surface area contributed by atoms with Crippen LogP contribution in [0, 0.1) is 0 Å². The van der Waals surface area contributed by atoms with E-state index in [1.807, 2.05) is 0 Å². The summed E-state index contributed by atoms with van der Waals surface area (Å²) in [4.78, 5) is 2.43. The highest BCUT2D eigenvalue weighted by Crippen LogP contribution is 2.27. The summed E-state index contributed by atoms with van der Waals surface area (Å²) in [6, 6.07) is 4.93. The van der Waals surface area contributed by atoms with Gasteiger partial charge in [-0.15, -0.1) is 0 Å². The predicted octanol–water partition coefficient (Wildman–Crippen LogP) is 2.22. The number of ether oxygens (including phenoxy) is 1. The largest absolute Gasteiger partial charge is 0.495 e. The second-order valence-corrected chi connectivity index (χ2v) is 7.75. The molecule has 1 aromatic carbocycles. The minimum absolute atomic E-state index is 0.0487. The number of likely N-dealkylation sites (N-methyl/N-ethyl adjacent to an activating group) is 1. The van der Waals surface area contributed by atoms with Crippen molar-refractivity contribution in [2.45, 2.75) is 30.7 Å². The zero-order valence-electron chi connectivity index (χ0n) is 12.3. The summed E-state index contributed by atoms with van der Waals surface area (Å²) in [6.45, 7) is 4.83. The molecule has 1 aliphatic heterocycles. The third kappa shape index (κ3) is 4.18. The van der Waals surface area contributed by atoms with Crippen molar-refractivity contribution in [2.24, 2.45) is 0 Å². The number of likely N-dealkylation sites (tertiary alicyclic amines) is 1. The van der Waals surface area contributed by atoms with E-state index in [-0.39, 0.29) is 10.9 Å². The van der Waals surface area contributed by atoms with Crippen LogP contribution in [0.2, 0.25) is 0 Å². The second kappa shape index (κ2) is 7.09. The van der Waals surface area contributed by atoms with E-state index in [0.717, 1.165) is 32.5 Å². The van der Waals surface area contributed by atoms with Gasteiger partial charge in [-0.05, 0) is 44.1 Å². The van der Waals surface area contributed by atoms with Crippen molar-refractivity contribution in [2.75, 3.05) is 26.7 Å².